The van der Waals surface area contributed by atoms with Crippen molar-refractivity contribution in [3.63, 3.8) is 0 Å². The molecule has 0 aliphatic rings. The highest BCUT2D eigenvalue weighted by Crippen LogP contribution is 2.16. The Labute approximate surface area is 306 Å². The largest absolute Gasteiger partial charge is 0.394 e. The fourth-order valence-electron chi connectivity index (χ4n) is 6.89. The van der Waals surface area contributed by atoms with Crippen molar-refractivity contribution in [2.75, 3.05) is 6.61 Å². The molecule has 0 radical (unpaired) electrons. The molecule has 0 aromatic heterocycles. The van der Waals surface area contributed by atoms with Crippen LogP contribution in [0, 0.1) is 0 Å². The molecule has 4 N–H and O–H groups in total. The summed E-state index contributed by atoms with van der Waals surface area (Å²) in [6, 6.07) is -0.792. The number of nitrogens with one attached hydrogen (secondary N) is 1. The summed E-state index contributed by atoms with van der Waals surface area (Å²) < 4.78 is 0. The maximum Gasteiger partial charge on any atom is 0.249 e. The lowest BCUT2D eigenvalue weighted by Crippen LogP contribution is -2.48. The Morgan fingerprint density at radius 1 is 0.490 bits per heavy atom. The number of hydrogen-bond donors (Lipinski definition) is 4. The molecule has 0 aromatic rings. The number of unbranched alkanes of at least 4 members (excludes halogenated alkanes) is 32. The van der Waals surface area contributed by atoms with Crippen LogP contribution < -0.4 is 5.32 Å². The standard InChI is InChI=1S/C44H87NO4/c1-3-5-7-9-11-13-15-17-19-20-21-22-23-24-25-27-29-31-33-35-37-39-43(48)44(49)45-41(40-46)42(47)38-36-34-32-30-28-26-18-16-14-12-10-8-6-4-2/h36,38,41-43,46-48H,3-35,37,39-40H2,1-2H3,(H,45,49)/b38-36+. The third kappa shape index (κ3) is 35.3. The highest BCUT2D eigenvalue weighted by molar-refractivity contribution is 5.80. The number of carbonyl (C=O) groups excluding carboxylic acids is 1. The van der Waals surface area contributed by atoms with Crippen LogP contribution in [0.2, 0.25) is 0 Å². The summed E-state index contributed by atoms with van der Waals surface area (Å²) >= 11 is 0. The number of aliphatic hydroxyl groups excluding tert-OH is 3. The van der Waals surface area contributed by atoms with Crippen molar-refractivity contribution in [1.82, 2.24) is 5.32 Å². The Kier molecular flexibility index (Phi) is 39.1. The van der Waals surface area contributed by atoms with Crippen LogP contribution in [0.15, 0.2) is 12.2 Å². The van der Waals surface area contributed by atoms with E-state index in [2.05, 4.69) is 19.2 Å². The molecule has 1 amide bonds. The van der Waals surface area contributed by atoms with Gasteiger partial charge in [0.2, 0.25) is 5.91 Å². The highest BCUT2D eigenvalue weighted by atomic mass is 16.3. The molecule has 0 saturated heterocycles. The Morgan fingerprint density at radius 3 is 1.12 bits per heavy atom. The van der Waals surface area contributed by atoms with Gasteiger partial charge in [0.15, 0.2) is 0 Å². The molecule has 0 aromatic carbocycles. The fourth-order valence-corrected chi connectivity index (χ4v) is 6.89. The topological polar surface area (TPSA) is 89.8 Å². The average Bonchev–Trinajstić information content (AvgIpc) is 3.11. The number of allylic oxidation sites excluding steroid dienone is 1. The van der Waals surface area contributed by atoms with E-state index in [1.165, 1.54) is 186 Å². The van der Waals surface area contributed by atoms with Crippen LogP contribution in [-0.4, -0.2) is 46.1 Å². The van der Waals surface area contributed by atoms with Crippen LogP contribution in [0.1, 0.15) is 239 Å². The van der Waals surface area contributed by atoms with E-state index < -0.39 is 24.2 Å². The molecule has 0 aliphatic carbocycles. The van der Waals surface area contributed by atoms with E-state index in [1.54, 1.807) is 6.08 Å². The number of aliphatic hydroxyl groups is 3. The minimum absolute atomic E-state index is 0.359. The second kappa shape index (κ2) is 39.9. The lowest BCUT2D eigenvalue weighted by atomic mass is 10.0. The van der Waals surface area contributed by atoms with Gasteiger partial charge in [-0.05, 0) is 19.3 Å². The zero-order valence-electron chi connectivity index (χ0n) is 33.1. The number of rotatable bonds is 40. The van der Waals surface area contributed by atoms with Crippen molar-refractivity contribution in [3.05, 3.63) is 12.2 Å². The summed E-state index contributed by atoms with van der Waals surface area (Å²) in [5.74, 6) is -0.499. The predicted octanol–water partition coefficient (Wildman–Crippen LogP) is 12.4. The molecule has 3 unspecified atom stereocenters. The van der Waals surface area contributed by atoms with Crippen LogP contribution in [0.25, 0.3) is 0 Å². The van der Waals surface area contributed by atoms with Gasteiger partial charge in [0.25, 0.3) is 0 Å². The van der Waals surface area contributed by atoms with E-state index in [-0.39, 0.29) is 6.61 Å². The van der Waals surface area contributed by atoms with E-state index >= 15 is 0 Å². The molecule has 0 aliphatic heterocycles. The van der Waals surface area contributed by atoms with Crippen LogP contribution in [-0.2, 0) is 4.79 Å². The normalized spacial score (nSPS) is 13.7. The van der Waals surface area contributed by atoms with E-state index in [1.807, 2.05) is 6.08 Å². The van der Waals surface area contributed by atoms with E-state index in [0.717, 1.165) is 32.1 Å². The minimum atomic E-state index is -1.09. The van der Waals surface area contributed by atoms with Crippen molar-refractivity contribution in [1.29, 1.82) is 0 Å². The molecule has 0 spiro atoms. The van der Waals surface area contributed by atoms with Gasteiger partial charge in [0, 0.05) is 0 Å². The van der Waals surface area contributed by atoms with Gasteiger partial charge < -0.3 is 20.6 Å². The quantitative estimate of drug-likeness (QED) is 0.0380. The summed E-state index contributed by atoms with van der Waals surface area (Å²) in [5, 5.41) is 33.1. The first kappa shape index (κ1) is 48.1. The maximum atomic E-state index is 12.5. The van der Waals surface area contributed by atoms with Gasteiger partial charge >= 0.3 is 0 Å². The van der Waals surface area contributed by atoms with Crippen LogP contribution in [0.4, 0.5) is 0 Å². The number of amides is 1. The summed E-state index contributed by atoms with van der Waals surface area (Å²) in [7, 11) is 0. The van der Waals surface area contributed by atoms with Crippen molar-refractivity contribution in [3.8, 4) is 0 Å². The van der Waals surface area contributed by atoms with E-state index in [4.69, 9.17) is 0 Å². The smallest absolute Gasteiger partial charge is 0.249 e. The molecule has 292 valence electrons. The first-order valence-electron chi connectivity index (χ1n) is 22.0. The molecule has 0 bridgehead atoms. The Hall–Kier alpha value is -0.910. The number of carbonyl (C=O) groups is 1. The van der Waals surface area contributed by atoms with Crippen LogP contribution in [0.5, 0.6) is 0 Å². The monoisotopic (exact) mass is 694 g/mol. The van der Waals surface area contributed by atoms with Gasteiger partial charge in [-0.2, -0.15) is 0 Å². The summed E-state index contributed by atoms with van der Waals surface area (Å²) in [6.45, 7) is 4.19. The van der Waals surface area contributed by atoms with Gasteiger partial charge in [-0.3, -0.25) is 4.79 Å². The second-order valence-corrected chi connectivity index (χ2v) is 15.3. The maximum absolute atomic E-state index is 12.5. The van der Waals surface area contributed by atoms with Gasteiger partial charge in [0.05, 0.1) is 18.8 Å². The number of hydrogen-bond acceptors (Lipinski definition) is 4. The Morgan fingerprint density at radius 2 is 0.796 bits per heavy atom. The molecular weight excluding hydrogens is 606 g/mol. The lowest BCUT2D eigenvalue weighted by Gasteiger charge is -2.21. The molecule has 5 heteroatoms. The molecule has 5 nitrogen and oxygen atoms in total. The molecule has 0 rings (SSSR count). The highest BCUT2D eigenvalue weighted by Gasteiger charge is 2.22. The zero-order chi connectivity index (χ0) is 35.9. The molecule has 0 saturated carbocycles. The van der Waals surface area contributed by atoms with E-state index in [0.29, 0.717) is 6.42 Å². The van der Waals surface area contributed by atoms with Crippen molar-refractivity contribution in [2.45, 2.75) is 257 Å². The van der Waals surface area contributed by atoms with E-state index in [9.17, 15) is 20.1 Å². The van der Waals surface area contributed by atoms with Crippen LogP contribution in [0.3, 0.4) is 0 Å². The third-order valence-electron chi connectivity index (χ3n) is 10.4. The van der Waals surface area contributed by atoms with Crippen molar-refractivity contribution < 1.29 is 20.1 Å². The van der Waals surface area contributed by atoms with Gasteiger partial charge in [-0.25, -0.2) is 0 Å². The first-order chi connectivity index (χ1) is 24.1. The van der Waals surface area contributed by atoms with Gasteiger partial charge in [0.1, 0.15) is 6.10 Å². The molecule has 0 fully saturated rings. The average molecular weight is 694 g/mol. The lowest BCUT2D eigenvalue weighted by molar-refractivity contribution is -0.131. The summed E-state index contributed by atoms with van der Waals surface area (Å²) in [4.78, 5) is 12.5. The molecule has 49 heavy (non-hydrogen) atoms. The molecule has 3 atom stereocenters. The second-order valence-electron chi connectivity index (χ2n) is 15.3. The van der Waals surface area contributed by atoms with Crippen LogP contribution >= 0.6 is 0 Å². The predicted molar refractivity (Wildman–Crippen MR) is 213 cm³/mol. The summed E-state index contributed by atoms with van der Waals surface area (Å²) in [6.07, 6.45) is 46.7. The summed E-state index contributed by atoms with van der Waals surface area (Å²) in [5.41, 5.74) is 0. The van der Waals surface area contributed by atoms with Crippen molar-refractivity contribution in [2.24, 2.45) is 0 Å². The third-order valence-corrected chi connectivity index (χ3v) is 10.4. The first-order valence-corrected chi connectivity index (χ1v) is 22.0. The van der Waals surface area contributed by atoms with Crippen molar-refractivity contribution >= 4 is 5.91 Å². The van der Waals surface area contributed by atoms with Gasteiger partial charge in [-0.1, -0.05) is 231 Å². The molecule has 0 heterocycles. The van der Waals surface area contributed by atoms with Gasteiger partial charge in [-0.15, -0.1) is 0 Å². The molecular formula is C44H87NO4. The zero-order valence-corrected chi connectivity index (χ0v) is 33.1. The Bertz CT molecular complexity index is 684. The fraction of sp³-hybridized carbons (Fsp3) is 0.932. The Balaban J connectivity index is 3.61. The minimum Gasteiger partial charge on any atom is -0.394 e. The SMILES string of the molecule is CCCCCCCCCCCCCC/C=C/C(O)C(CO)NC(=O)C(O)CCCCCCCCCCCCCCCCCCCCCCC.